The van der Waals surface area contributed by atoms with Gasteiger partial charge in [-0.2, -0.15) is 0 Å². The van der Waals surface area contributed by atoms with Gasteiger partial charge in [-0.15, -0.1) is 0 Å². The first-order chi connectivity index (χ1) is 8.91. The molecule has 0 radical (unpaired) electrons. The van der Waals surface area contributed by atoms with Crippen LogP contribution < -0.4 is 5.32 Å². The monoisotopic (exact) mass is 264 g/mol. The summed E-state index contributed by atoms with van der Waals surface area (Å²) in [5.41, 5.74) is 0.255. The summed E-state index contributed by atoms with van der Waals surface area (Å²) in [6, 6.07) is 0.711. The normalized spacial score (nSPS) is 18.8. The molecule has 1 aromatic rings. The summed E-state index contributed by atoms with van der Waals surface area (Å²) in [5, 5.41) is 13.7. The molecule has 1 unspecified atom stereocenters. The van der Waals surface area contributed by atoms with E-state index in [4.69, 9.17) is 0 Å². The van der Waals surface area contributed by atoms with Crippen LogP contribution in [0.25, 0.3) is 0 Å². The van der Waals surface area contributed by atoms with Crippen molar-refractivity contribution in [2.24, 2.45) is 0 Å². The number of imide groups is 1. The summed E-state index contributed by atoms with van der Waals surface area (Å²) in [4.78, 5) is 38.4. The van der Waals surface area contributed by atoms with E-state index in [1.807, 2.05) is 0 Å². The lowest BCUT2D eigenvalue weighted by Crippen LogP contribution is -2.32. The summed E-state index contributed by atoms with van der Waals surface area (Å²) >= 11 is 0. The summed E-state index contributed by atoms with van der Waals surface area (Å²) in [6.07, 6.45) is 1.39. The van der Waals surface area contributed by atoms with Crippen LogP contribution in [-0.4, -0.2) is 39.7 Å². The molecule has 0 saturated carbocycles. The fraction of sp³-hybridized carbons (Fsp3) is 0.364. The average Bonchev–Trinajstić information content (AvgIpc) is 2.57. The number of likely N-dealkylation sites (tertiary alicyclic amines) is 1. The molecule has 2 heterocycles. The molecule has 0 bridgehead atoms. The maximum absolute atomic E-state index is 11.7. The molecule has 1 aliphatic rings. The first kappa shape index (κ1) is 12.9. The van der Waals surface area contributed by atoms with Gasteiger partial charge in [-0.05, 0) is 13.0 Å². The number of aromatic nitrogens is 1. The number of rotatable bonds is 3. The Morgan fingerprint density at radius 3 is 2.74 bits per heavy atom. The Bertz CT molecular complexity index is 572. The van der Waals surface area contributed by atoms with Crippen LogP contribution >= 0.6 is 0 Å². The van der Waals surface area contributed by atoms with Crippen molar-refractivity contribution < 1.29 is 14.5 Å². The van der Waals surface area contributed by atoms with Gasteiger partial charge >= 0.3 is 5.69 Å². The zero-order chi connectivity index (χ0) is 14.2. The van der Waals surface area contributed by atoms with Crippen LogP contribution in [0.4, 0.5) is 11.5 Å². The highest BCUT2D eigenvalue weighted by Crippen LogP contribution is 2.27. The first-order valence-corrected chi connectivity index (χ1v) is 5.58. The molecule has 1 atom stereocenters. The average molecular weight is 264 g/mol. The zero-order valence-corrected chi connectivity index (χ0v) is 10.4. The molecule has 2 rings (SSSR count). The predicted octanol–water partition coefficient (Wildman–Crippen LogP) is 0.467. The van der Waals surface area contributed by atoms with E-state index in [9.17, 15) is 19.7 Å². The second-order valence-corrected chi connectivity index (χ2v) is 4.27. The van der Waals surface area contributed by atoms with Gasteiger partial charge in [0.15, 0.2) is 0 Å². The number of aryl methyl sites for hydroxylation is 1. The third kappa shape index (κ3) is 2.24. The molecule has 0 spiro atoms. The van der Waals surface area contributed by atoms with Crippen LogP contribution in [0.5, 0.6) is 0 Å². The van der Waals surface area contributed by atoms with Gasteiger partial charge in [0.05, 0.1) is 11.3 Å². The molecule has 8 heteroatoms. The number of nitro groups is 1. The number of carbonyl (C=O) groups is 2. The van der Waals surface area contributed by atoms with Gasteiger partial charge in [0.2, 0.25) is 11.7 Å². The molecule has 1 N–H and O–H groups in total. The lowest BCUT2D eigenvalue weighted by Gasteiger charge is -2.12. The number of nitrogens with one attached hydrogen (secondary N) is 1. The summed E-state index contributed by atoms with van der Waals surface area (Å²) in [6.45, 7) is 1.58. The number of hydrogen-bond donors (Lipinski definition) is 1. The molecule has 0 aromatic carbocycles. The highest BCUT2D eigenvalue weighted by Gasteiger charge is 2.37. The number of nitrogens with zero attached hydrogens (tertiary/aromatic N) is 3. The van der Waals surface area contributed by atoms with E-state index in [-0.39, 0.29) is 23.8 Å². The van der Waals surface area contributed by atoms with Gasteiger partial charge in [-0.25, -0.2) is 4.98 Å². The highest BCUT2D eigenvalue weighted by molar-refractivity contribution is 6.06. The summed E-state index contributed by atoms with van der Waals surface area (Å²) < 4.78 is 0. The molecule has 0 aliphatic carbocycles. The highest BCUT2D eigenvalue weighted by atomic mass is 16.6. The van der Waals surface area contributed by atoms with Crippen molar-refractivity contribution in [2.75, 3.05) is 12.4 Å². The maximum Gasteiger partial charge on any atom is 0.314 e. The number of carbonyl (C=O) groups excluding carboxylic acids is 2. The third-order valence-corrected chi connectivity index (χ3v) is 3.00. The third-order valence-electron chi connectivity index (χ3n) is 3.00. The van der Waals surface area contributed by atoms with Crippen molar-refractivity contribution in [3.8, 4) is 0 Å². The second kappa shape index (κ2) is 4.63. The largest absolute Gasteiger partial charge is 0.352 e. The van der Waals surface area contributed by atoms with Gasteiger partial charge in [-0.1, -0.05) is 0 Å². The van der Waals surface area contributed by atoms with Crippen LogP contribution in [0.1, 0.15) is 12.0 Å². The Morgan fingerprint density at radius 1 is 1.53 bits per heavy atom. The number of pyridine rings is 1. The van der Waals surface area contributed by atoms with E-state index in [0.29, 0.717) is 5.56 Å². The van der Waals surface area contributed by atoms with Gasteiger partial charge in [0, 0.05) is 18.8 Å². The Labute approximate surface area is 108 Å². The van der Waals surface area contributed by atoms with Crippen LogP contribution in [0.2, 0.25) is 0 Å². The molecule has 19 heavy (non-hydrogen) atoms. The Kier molecular flexibility index (Phi) is 3.16. The fourth-order valence-electron chi connectivity index (χ4n) is 1.92. The van der Waals surface area contributed by atoms with Crippen LogP contribution in [0.15, 0.2) is 12.3 Å². The lowest BCUT2D eigenvalue weighted by atomic mass is 10.2. The standard InChI is InChI=1S/C11H12N4O4/c1-6-3-4-12-10(9(6)15(18)19)13-7-5-8(16)14(2)11(7)17/h3-4,7H,5H2,1-2H3,(H,12,13). The number of likely N-dealkylation sites (N-methyl/N-ethyl adjacent to an activating group) is 1. The van der Waals surface area contributed by atoms with Crippen molar-refractivity contribution in [3.05, 3.63) is 27.9 Å². The maximum atomic E-state index is 11.7. The van der Waals surface area contributed by atoms with E-state index in [2.05, 4.69) is 10.3 Å². The molecule has 100 valence electrons. The van der Waals surface area contributed by atoms with Crippen molar-refractivity contribution in [2.45, 2.75) is 19.4 Å². The van der Waals surface area contributed by atoms with Crippen LogP contribution in [-0.2, 0) is 9.59 Å². The molecular formula is C11H12N4O4. The summed E-state index contributed by atoms with van der Waals surface area (Å²) in [5.74, 6) is -0.730. The van der Waals surface area contributed by atoms with Crippen molar-refractivity contribution in [1.29, 1.82) is 0 Å². The predicted molar refractivity (Wildman–Crippen MR) is 65.4 cm³/mol. The Morgan fingerprint density at radius 2 is 2.21 bits per heavy atom. The summed E-state index contributed by atoms with van der Waals surface area (Å²) in [7, 11) is 1.38. The van der Waals surface area contributed by atoms with Gasteiger partial charge in [-0.3, -0.25) is 24.6 Å². The van der Waals surface area contributed by atoms with E-state index in [1.165, 1.54) is 19.3 Å². The molecule has 1 saturated heterocycles. The minimum Gasteiger partial charge on any atom is -0.352 e. The number of hydrogen-bond acceptors (Lipinski definition) is 6. The number of amides is 2. The van der Waals surface area contributed by atoms with Crippen molar-refractivity contribution in [3.63, 3.8) is 0 Å². The van der Waals surface area contributed by atoms with Crippen molar-refractivity contribution >= 4 is 23.3 Å². The lowest BCUT2D eigenvalue weighted by molar-refractivity contribution is -0.384. The van der Waals surface area contributed by atoms with Gasteiger partial charge < -0.3 is 5.32 Å². The quantitative estimate of drug-likeness (QED) is 0.483. The molecule has 1 fully saturated rings. The minimum absolute atomic E-state index is 0.00597. The van der Waals surface area contributed by atoms with Gasteiger partial charge in [0.25, 0.3) is 5.91 Å². The van der Waals surface area contributed by atoms with Crippen LogP contribution in [0.3, 0.4) is 0 Å². The smallest absolute Gasteiger partial charge is 0.314 e. The van der Waals surface area contributed by atoms with E-state index >= 15 is 0 Å². The van der Waals surface area contributed by atoms with Crippen LogP contribution in [0, 0.1) is 17.0 Å². The molecule has 1 aromatic heterocycles. The molecule has 1 aliphatic heterocycles. The molecular weight excluding hydrogens is 252 g/mol. The van der Waals surface area contributed by atoms with E-state index < -0.39 is 16.9 Å². The Balaban J connectivity index is 2.30. The fourth-order valence-corrected chi connectivity index (χ4v) is 1.92. The van der Waals surface area contributed by atoms with E-state index in [1.54, 1.807) is 6.92 Å². The molecule has 8 nitrogen and oxygen atoms in total. The van der Waals surface area contributed by atoms with Crippen molar-refractivity contribution in [1.82, 2.24) is 9.88 Å². The SMILES string of the molecule is Cc1ccnc(NC2CC(=O)N(C)C2=O)c1[N+](=O)[O-]. The van der Waals surface area contributed by atoms with Gasteiger partial charge in [0.1, 0.15) is 6.04 Å². The second-order valence-electron chi connectivity index (χ2n) is 4.27. The van der Waals surface area contributed by atoms with E-state index in [0.717, 1.165) is 4.90 Å². The number of anilines is 1. The zero-order valence-electron chi connectivity index (χ0n) is 10.4. The Hall–Kier alpha value is -2.51. The topological polar surface area (TPSA) is 105 Å². The minimum atomic E-state index is -0.800. The molecule has 2 amide bonds. The first-order valence-electron chi connectivity index (χ1n) is 5.58.